The highest BCUT2D eigenvalue weighted by Gasteiger charge is 2.24. The zero-order valence-electron chi connectivity index (χ0n) is 14.6. The Morgan fingerprint density at radius 1 is 1.32 bits per heavy atom. The van der Waals surface area contributed by atoms with Crippen molar-refractivity contribution in [3.8, 4) is 11.3 Å². The summed E-state index contributed by atoms with van der Waals surface area (Å²) < 4.78 is 5.26. The van der Waals surface area contributed by atoms with Crippen LogP contribution in [0.3, 0.4) is 0 Å². The molecule has 1 saturated heterocycles. The highest BCUT2D eigenvalue weighted by molar-refractivity contribution is 5.63. The molecule has 1 fully saturated rings. The first-order valence-electron chi connectivity index (χ1n) is 8.63. The van der Waals surface area contributed by atoms with E-state index in [1.807, 2.05) is 20.0 Å². The van der Waals surface area contributed by atoms with Gasteiger partial charge in [-0.1, -0.05) is 5.16 Å². The molecule has 7 heteroatoms. The Morgan fingerprint density at radius 3 is 3.00 bits per heavy atom. The first-order valence-corrected chi connectivity index (χ1v) is 8.63. The number of hydrogen-bond acceptors (Lipinski definition) is 6. The second-order valence-electron chi connectivity index (χ2n) is 6.76. The van der Waals surface area contributed by atoms with E-state index in [-0.39, 0.29) is 0 Å². The highest BCUT2D eigenvalue weighted by Crippen LogP contribution is 2.27. The maximum atomic E-state index is 5.26. The van der Waals surface area contributed by atoms with Crippen molar-refractivity contribution in [2.45, 2.75) is 33.2 Å². The minimum atomic E-state index is 0.621. The van der Waals surface area contributed by atoms with Crippen LogP contribution in [-0.4, -0.2) is 43.1 Å². The summed E-state index contributed by atoms with van der Waals surface area (Å²) in [6, 6.07) is 2.07. The summed E-state index contributed by atoms with van der Waals surface area (Å²) >= 11 is 0. The van der Waals surface area contributed by atoms with Crippen LogP contribution in [0.25, 0.3) is 11.3 Å². The van der Waals surface area contributed by atoms with Crippen LogP contribution < -0.4 is 0 Å². The fourth-order valence-electron chi connectivity index (χ4n) is 3.63. The van der Waals surface area contributed by atoms with Gasteiger partial charge in [-0.2, -0.15) is 0 Å². The third-order valence-electron chi connectivity index (χ3n) is 4.83. The number of aromatic amines is 1. The maximum absolute atomic E-state index is 5.26. The molecule has 1 N–H and O–H groups in total. The molecule has 3 aromatic rings. The predicted molar refractivity (Wildman–Crippen MR) is 92.7 cm³/mol. The lowest BCUT2D eigenvalue weighted by Gasteiger charge is -2.14. The Labute approximate surface area is 146 Å². The van der Waals surface area contributed by atoms with E-state index in [9.17, 15) is 0 Å². The number of aromatic nitrogens is 5. The Morgan fingerprint density at radius 2 is 2.24 bits per heavy atom. The van der Waals surface area contributed by atoms with Gasteiger partial charge >= 0.3 is 0 Å². The van der Waals surface area contributed by atoms with Crippen LogP contribution in [0.5, 0.6) is 0 Å². The molecule has 3 aromatic heterocycles. The van der Waals surface area contributed by atoms with Crippen molar-refractivity contribution < 1.29 is 4.52 Å². The van der Waals surface area contributed by atoms with Crippen LogP contribution in [0.4, 0.5) is 0 Å². The van der Waals surface area contributed by atoms with Crippen molar-refractivity contribution in [2.24, 2.45) is 5.92 Å². The number of rotatable bonds is 5. The zero-order valence-corrected chi connectivity index (χ0v) is 14.6. The van der Waals surface area contributed by atoms with Crippen LogP contribution in [0.15, 0.2) is 29.4 Å². The van der Waals surface area contributed by atoms with Gasteiger partial charge in [0.25, 0.3) is 0 Å². The van der Waals surface area contributed by atoms with Crippen LogP contribution in [0.2, 0.25) is 0 Å². The average molecular weight is 338 g/mol. The molecule has 130 valence electrons. The van der Waals surface area contributed by atoms with Gasteiger partial charge in [0.2, 0.25) is 0 Å². The zero-order chi connectivity index (χ0) is 17.2. The number of nitrogens with one attached hydrogen (secondary N) is 1. The number of likely N-dealkylation sites (tertiary alicyclic amines) is 1. The fraction of sp³-hybridized carbons (Fsp3) is 0.444. The van der Waals surface area contributed by atoms with Gasteiger partial charge in [0.15, 0.2) is 0 Å². The van der Waals surface area contributed by atoms with E-state index >= 15 is 0 Å². The first kappa shape index (κ1) is 16.0. The molecule has 0 aromatic carbocycles. The minimum Gasteiger partial charge on any atom is -0.361 e. The monoisotopic (exact) mass is 338 g/mol. The van der Waals surface area contributed by atoms with Crippen molar-refractivity contribution in [1.29, 1.82) is 0 Å². The van der Waals surface area contributed by atoms with Crippen LogP contribution in [-0.2, 0) is 13.0 Å². The SMILES string of the molecule is Cc1noc(C)c1-c1cc(CC2CCN(Cc3cnc[nH]3)C2)ncn1. The van der Waals surface area contributed by atoms with E-state index in [2.05, 4.69) is 36.1 Å². The number of imidazole rings is 1. The molecule has 0 radical (unpaired) electrons. The minimum absolute atomic E-state index is 0.621. The third-order valence-corrected chi connectivity index (χ3v) is 4.83. The van der Waals surface area contributed by atoms with Crippen molar-refractivity contribution in [1.82, 2.24) is 30.0 Å². The molecule has 0 saturated carbocycles. The number of hydrogen-bond donors (Lipinski definition) is 1. The molecule has 25 heavy (non-hydrogen) atoms. The lowest BCUT2D eigenvalue weighted by molar-refractivity contribution is 0.312. The van der Waals surface area contributed by atoms with E-state index in [4.69, 9.17) is 4.52 Å². The number of H-pyrrole nitrogens is 1. The summed E-state index contributed by atoms with van der Waals surface area (Å²) in [5, 5.41) is 4.02. The van der Waals surface area contributed by atoms with Gasteiger partial charge in [0, 0.05) is 30.7 Å². The normalized spacial score (nSPS) is 18.1. The Hall–Kier alpha value is -2.54. The molecule has 1 aliphatic rings. The van der Waals surface area contributed by atoms with Gasteiger partial charge < -0.3 is 9.51 Å². The van der Waals surface area contributed by atoms with Gasteiger partial charge in [0.05, 0.1) is 23.3 Å². The molecule has 1 atom stereocenters. The smallest absolute Gasteiger partial charge is 0.143 e. The molecule has 1 aliphatic heterocycles. The van der Waals surface area contributed by atoms with Crippen molar-refractivity contribution >= 4 is 0 Å². The Kier molecular flexibility index (Phi) is 4.31. The second kappa shape index (κ2) is 6.76. The Balaban J connectivity index is 1.43. The Bertz CT molecular complexity index is 822. The van der Waals surface area contributed by atoms with Gasteiger partial charge in [-0.3, -0.25) is 4.90 Å². The molecule has 7 nitrogen and oxygen atoms in total. The van der Waals surface area contributed by atoms with Gasteiger partial charge in [0.1, 0.15) is 12.1 Å². The predicted octanol–water partition coefficient (Wildman–Crippen LogP) is 2.54. The van der Waals surface area contributed by atoms with E-state index in [0.717, 1.165) is 54.5 Å². The van der Waals surface area contributed by atoms with Crippen molar-refractivity contribution in [3.05, 3.63) is 47.8 Å². The lowest BCUT2D eigenvalue weighted by Crippen LogP contribution is -2.21. The quantitative estimate of drug-likeness (QED) is 0.769. The van der Waals surface area contributed by atoms with E-state index < -0.39 is 0 Å². The molecule has 4 heterocycles. The standard InChI is InChI=1S/C18H22N6O/c1-12-18(13(2)25-23-12)17-6-15(21-11-22-17)5-14-3-4-24(8-14)9-16-7-19-10-20-16/h6-7,10-11,14H,3-5,8-9H2,1-2H3,(H,19,20). The molecular weight excluding hydrogens is 316 g/mol. The number of aryl methyl sites for hydroxylation is 2. The maximum Gasteiger partial charge on any atom is 0.143 e. The lowest BCUT2D eigenvalue weighted by atomic mass is 10.0. The molecule has 0 aliphatic carbocycles. The second-order valence-corrected chi connectivity index (χ2v) is 6.76. The summed E-state index contributed by atoms with van der Waals surface area (Å²) in [6.45, 7) is 7.00. The highest BCUT2D eigenvalue weighted by atomic mass is 16.5. The summed E-state index contributed by atoms with van der Waals surface area (Å²) in [4.78, 5) is 18.6. The van der Waals surface area contributed by atoms with Gasteiger partial charge in [-0.25, -0.2) is 15.0 Å². The first-order chi connectivity index (χ1) is 12.2. The molecule has 0 spiro atoms. The van der Waals surface area contributed by atoms with Gasteiger partial charge in [-0.05, 0) is 45.2 Å². The average Bonchev–Trinajstić information content (AvgIpc) is 3.32. The summed E-state index contributed by atoms with van der Waals surface area (Å²) in [5.41, 5.74) is 5.00. The molecule has 0 amide bonds. The van der Waals surface area contributed by atoms with Crippen LogP contribution >= 0.6 is 0 Å². The summed E-state index contributed by atoms with van der Waals surface area (Å²) in [6.07, 6.45) is 7.44. The largest absolute Gasteiger partial charge is 0.361 e. The molecule has 1 unspecified atom stereocenters. The van der Waals surface area contributed by atoms with Crippen molar-refractivity contribution in [3.63, 3.8) is 0 Å². The molecule has 0 bridgehead atoms. The van der Waals surface area contributed by atoms with E-state index in [0.29, 0.717) is 5.92 Å². The molecular formula is C18H22N6O. The van der Waals surface area contributed by atoms with Gasteiger partial charge in [-0.15, -0.1) is 0 Å². The van der Waals surface area contributed by atoms with Crippen LogP contribution in [0.1, 0.15) is 29.3 Å². The van der Waals surface area contributed by atoms with Crippen molar-refractivity contribution in [2.75, 3.05) is 13.1 Å². The summed E-state index contributed by atoms with van der Waals surface area (Å²) in [7, 11) is 0. The third kappa shape index (κ3) is 3.46. The molecule has 4 rings (SSSR count). The summed E-state index contributed by atoms with van der Waals surface area (Å²) in [5.74, 6) is 1.42. The van der Waals surface area contributed by atoms with E-state index in [1.54, 1.807) is 12.7 Å². The van der Waals surface area contributed by atoms with E-state index in [1.165, 1.54) is 12.1 Å². The number of nitrogens with zero attached hydrogens (tertiary/aromatic N) is 5. The topological polar surface area (TPSA) is 83.7 Å². The fourth-order valence-corrected chi connectivity index (χ4v) is 3.63. The van der Waals surface area contributed by atoms with Crippen LogP contribution in [0, 0.1) is 19.8 Å².